The number of rotatable bonds is 3. The molecule has 0 saturated carbocycles. The molecule has 1 rings (SSSR count). The summed E-state index contributed by atoms with van der Waals surface area (Å²) in [4.78, 5) is 2.45. The molecule has 1 heterocycles. The second kappa shape index (κ2) is 5.71. The summed E-state index contributed by atoms with van der Waals surface area (Å²) in [7, 11) is 0. The van der Waals surface area contributed by atoms with Crippen molar-refractivity contribution in [2.45, 2.75) is 66.4 Å². The molecule has 0 aromatic carbocycles. The van der Waals surface area contributed by atoms with Crippen LogP contribution in [0.3, 0.4) is 0 Å². The highest BCUT2D eigenvalue weighted by Crippen LogP contribution is 2.30. The minimum absolute atomic E-state index is 0.0116. The zero-order chi connectivity index (χ0) is 13.1. The molecule has 2 nitrogen and oxygen atoms in total. The SMILES string of the molecule is CC(C)(C)CC1CCN(COC(C)(C)C)CC1. The molecule has 17 heavy (non-hydrogen) atoms. The van der Waals surface area contributed by atoms with Gasteiger partial charge in [-0.15, -0.1) is 0 Å². The summed E-state index contributed by atoms with van der Waals surface area (Å²) in [5.41, 5.74) is 0.469. The van der Waals surface area contributed by atoms with E-state index in [-0.39, 0.29) is 5.60 Å². The number of hydrogen-bond donors (Lipinski definition) is 0. The summed E-state index contributed by atoms with van der Waals surface area (Å²) >= 11 is 0. The van der Waals surface area contributed by atoms with E-state index in [1.165, 1.54) is 32.4 Å². The van der Waals surface area contributed by atoms with Crippen LogP contribution in [0.1, 0.15) is 60.8 Å². The Morgan fingerprint density at radius 3 is 1.94 bits per heavy atom. The number of ether oxygens (including phenoxy) is 1. The first-order chi connectivity index (χ1) is 7.66. The van der Waals surface area contributed by atoms with Gasteiger partial charge in [0.25, 0.3) is 0 Å². The molecule has 0 amide bonds. The van der Waals surface area contributed by atoms with E-state index >= 15 is 0 Å². The molecule has 0 bridgehead atoms. The average Bonchev–Trinajstić information content (AvgIpc) is 2.13. The van der Waals surface area contributed by atoms with Crippen LogP contribution in [0.15, 0.2) is 0 Å². The van der Waals surface area contributed by atoms with Crippen LogP contribution in [-0.2, 0) is 4.74 Å². The second-order valence-corrected chi connectivity index (χ2v) is 7.71. The molecule has 102 valence electrons. The van der Waals surface area contributed by atoms with Crippen LogP contribution in [-0.4, -0.2) is 30.3 Å². The topological polar surface area (TPSA) is 12.5 Å². The van der Waals surface area contributed by atoms with Crippen LogP contribution in [0, 0.1) is 11.3 Å². The summed E-state index contributed by atoms with van der Waals surface area (Å²) in [6.45, 7) is 16.6. The molecule has 0 N–H and O–H groups in total. The third kappa shape index (κ3) is 7.05. The second-order valence-electron chi connectivity index (χ2n) is 7.71. The summed E-state index contributed by atoms with van der Waals surface area (Å²) in [5.74, 6) is 0.917. The molecular weight excluding hydrogens is 210 g/mol. The molecule has 0 radical (unpaired) electrons. The molecule has 1 saturated heterocycles. The molecule has 1 fully saturated rings. The first kappa shape index (κ1) is 15.0. The third-order valence-electron chi connectivity index (χ3n) is 3.29. The fourth-order valence-corrected chi connectivity index (χ4v) is 2.47. The van der Waals surface area contributed by atoms with Crippen molar-refractivity contribution in [1.29, 1.82) is 0 Å². The maximum absolute atomic E-state index is 5.83. The van der Waals surface area contributed by atoms with Gasteiger partial charge in [0.1, 0.15) is 0 Å². The fourth-order valence-electron chi connectivity index (χ4n) is 2.47. The molecule has 0 aromatic heterocycles. The van der Waals surface area contributed by atoms with Crippen molar-refractivity contribution in [1.82, 2.24) is 4.90 Å². The van der Waals surface area contributed by atoms with E-state index in [1.807, 2.05) is 0 Å². The Morgan fingerprint density at radius 1 is 1.00 bits per heavy atom. The van der Waals surface area contributed by atoms with Crippen molar-refractivity contribution in [2.24, 2.45) is 11.3 Å². The fraction of sp³-hybridized carbons (Fsp3) is 1.00. The van der Waals surface area contributed by atoms with Crippen molar-refractivity contribution < 1.29 is 4.74 Å². The van der Waals surface area contributed by atoms with Gasteiger partial charge in [-0.25, -0.2) is 0 Å². The Kier molecular flexibility index (Phi) is 5.03. The normalized spacial score (nSPS) is 20.8. The summed E-state index contributed by atoms with van der Waals surface area (Å²) < 4.78 is 5.83. The maximum atomic E-state index is 5.83. The predicted molar refractivity (Wildman–Crippen MR) is 74.1 cm³/mol. The van der Waals surface area contributed by atoms with Gasteiger partial charge in [0.05, 0.1) is 12.3 Å². The lowest BCUT2D eigenvalue weighted by Gasteiger charge is -2.36. The van der Waals surface area contributed by atoms with E-state index < -0.39 is 0 Å². The molecule has 1 aliphatic rings. The average molecular weight is 241 g/mol. The Bertz CT molecular complexity index is 216. The van der Waals surface area contributed by atoms with Crippen LogP contribution < -0.4 is 0 Å². The first-order valence-corrected chi connectivity index (χ1v) is 7.02. The zero-order valence-electron chi connectivity index (χ0n) is 12.7. The molecule has 0 aromatic rings. The van der Waals surface area contributed by atoms with Crippen LogP contribution in [0.5, 0.6) is 0 Å². The zero-order valence-corrected chi connectivity index (χ0v) is 12.7. The van der Waals surface area contributed by atoms with E-state index in [0.29, 0.717) is 5.41 Å². The van der Waals surface area contributed by atoms with Gasteiger partial charge in [-0.2, -0.15) is 0 Å². The van der Waals surface area contributed by atoms with Crippen LogP contribution in [0.2, 0.25) is 0 Å². The van der Waals surface area contributed by atoms with Crippen LogP contribution in [0.4, 0.5) is 0 Å². The highest BCUT2D eigenvalue weighted by Gasteiger charge is 2.24. The first-order valence-electron chi connectivity index (χ1n) is 7.02. The standard InChI is InChI=1S/C15H31NO/c1-14(2,3)11-13-7-9-16(10-8-13)12-17-15(4,5)6/h13H,7-12H2,1-6H3. The summed E-state index contributed by atoms with van der Waals surface area (Å²) in [5, 5.41) is 0. The van der Waals surface area contributed by atoms with Crippen molar-refractivity contribution in [3.05, 3.63) is 0 Å². The Balaban J connectivity index is 2.22. The maximum Gasteiger partial charge on any atom is 0.0997 e. The number of likely N-dealkylation sites (tertiary alicyclic amines) is 1. The lowest BCUT2D eigenvalue weighted by atomic mass is 9.80. The third-order valence-corrected chi connectivity index (χ3v) is 3.29. The lowest BCUT2D eigenvalue weighted by molar-refractivity contribution is -0.0721. The highest BCUT2D eigenvalue weighted by molar-refractivity contribution is 4.76. The smallest absolute Gasteiger partial charge is 0.0997 e. The van der Waals surface area contributed by atoms with Gasteiger partial charge in [-0.05, 0) is 51.4 Å². The largest absolute Gasteiger partial charge is 0.360 e. The van der Waals surface area contributed by atoms with Crippen LogP contribution in [0.25, 0.3) is 0 Å². The monoisotopic (exact) mass is 241 g/mol. The van der Waals surface area contributed by atoms with Gasteiger partial charge in [0.2, 0.25) is 0 Å². The van der Waals surface area contributed by atoms with E-state index in [2.05, 4.69) is 46.4 Å². The Labute approximate surface area is 108 Å². The molecule has 0 unspecified atom stereocenters. The lowest BCUT2D eigenvalue weighted by Crippen LogP contribution is -2.38. The van der Waals surface area contributed by atoms with Crippen molar-refractivity contribution >= 4 is 0 Å². The van der Waals surface area contributed by atoms with Gasteiger partial charge in [-0.3, -0.25) is 4.90 Å². The van der Waals surface area contributed by atoms with Gasteiger partial charge < -0.3 is 4.74 Å². The number of hydrogen-bond acceptors (Lipinski definition) is 2. The van der Waals surface area contributed by atoms with Gasteiger partial charge in [0, 0.05) is 13.1 Å². The highest BCUT2D eigenvalue weighted by atomic mass is 16.5. The van der Waals surface area contributed by atoms with E-state index in [1.54, 1.807) is 0 Å². The van der Waals surface area contributed by atoms with Crippen molar-refractivity contribution in [2.75, 3.05) is 19.8 Å². The Hall–Kier alpha value is -0.0800. The minimum atomic E-state index is -0.0116. The number of nitrogens with zero attached hydrogens (tertiary/aromatic N) is 1. The Morgan fingerprint density at radius 2 is 1.53 bits per heavy atom. The molecule has 2 heteroatoms. The van der Waals surface area contributed by atoms with E-state index in [0.717, 1.165) is 12.6 Å². The molecule has 0 aliphatic carbocycles. The van der Waals surface area contributed by atoms with Crippen molar-refractivity contribution in [3.8, 4) is 0 Å². The predicted octanol–water partition coefficient (Wildman–Crippen LogP) is 3.91. The molecule has 0 spiro atoms. The summed E-state index contributed by atoms with van der Waals surface area (Å²) in [6, 6.07) is 0. The molecule has 1 aliphatic heterocycles. The summed E-state index contributed by atoms with van der Waals surface area (Å²) in [6.07, 6.45) is 4.04. The molecular formula is C15H31NO. The number of piperidine rings is 1. The van der Waals surface area contributed by atoms with E-state index in [4.69, 9.17) is 4.74 Å². The van der Waals surface area contributed by atoms with Gasteiger partial charge in [-0.1, -0.05) is 20.8 Å². The molecule has 0 atom stereocenters. The van der Waals surface area contributed by atoms with Crippen LogP contribution >= 0.6 is 0 Å². The van der Waals surface area contributed by atoms with Gasteiger partial charge >= 0.3 is 0 Å². The van der Waals surface area contributed by atoms with Gasteiger partial charge in [0.15, 0.2) is 0 Å². The van der Waals surface area contributed by atoms with E-state index in [9.17, 15) is 0 Å². The quantitative estimate of drug-likeness (QED) is 0.743. The minimum Gasteiger partial charge on any atom is -0.360 e. The van der Waals surface area contributed by atoms with Crippen molar-refractivity contribution in [3.63, 3.8) is 0 Å².